The summed E-state index contributed by atoms with van der Waals surface area (Å²) in [7, 11) is 1.54. The summed E-state index contributed by atoms with van der Waals surface area (Å²) in [4.78, 5) is 0. The van der Waals surface area contributed by atoms with E-state index in [2.05, 4.69) is 0 Å². The van der Waals surface area contributed by atoms with E-state index in [1.165, 1.54) is 12.1 Å². The van der Waals surface area contributed by atoms with Gasteiger partial charge in [0.2, 0.25) is 0 Å². The van der Waals surface area contributed by atoms with Gasteiger partial charge in [0.25, 0.3) is 0 Å². The lowest BCUT2D eigenvalue weighted by molar-refractivity contribution is 0.0653. The summed E-state index contributed by atoms with van der Waals surface area (Å²) in [5.41, 5.74) is 1.42. The molecule has 0 saturated carbocycles. The van der Waals surface area contributed by atoms with Crippen molar-refractivity contribution in [2.24, 2.45) is 0 Å². The Morgan fingerprint density at radius 3 is 2.81 bits per heavy atom. The average molecular weight is 309 g/mol. The molecule has 2 aromatic carbocycles. The number of hydrogen-bond donors (Lipinski definition) is 1. The second-order valence-corrected chi connectivity index (χ2v) is 5.34. The molecular formula is C16H14ClFO3. The van der Waals surface area contributed by atoms with Crippen molar-refractivity contribution >= 4 is 11.6 Å². The summed E-state index contributed by atoms with van der Waals surface area (Å²) >= 11 is 6.11. The minimum atomic E-state index is -0.694. The predicted molar refractivity (Wildman–Crippen MR) is 77.3 cm³/mol. The highest BCUT2D eigenvalue weighted by Gasteiger charge is 2.28. The molecule has 1 aliphatic rings. The zero-order chi connectivity index (χ0) is 15.0. The number of rotatable bonds is 2. The molecule has 3 rings (SSSR count). The number of fused-ring (bicyclic) bond motifs is 1. The molecule has 0 amide bonds. The van der Waals surface area contributed by atoms with Crippen LogP contribution in [0.1, 0.15) is 29.8 Å². The van der Waals surface area contributed by atoms with Crippen LogP contribution in [-0.4, -0.2) is 12.2 Å². The van der Waals surface area contributed by atoms with Gasteiger partial charge < -0.3 is 14.6 Å². The lowest BCUT2D eigenvalue weighted by Gasteiger charge is -2.30. The van der Waals surface area contributed by atoms with Gasteiger partial charge in [-0.05, 0) is 29.8 Å². The van der Waals surface area contributed by atoms with Crippen molar-refractivity contribution < 1.29 is 19.0 Å². The van der Waals surface area contributed by atoms with Crippen LogP contribution in [0, 0.1) is 5.82 Å². The van der Waals surface area contributed by atoms with Crippen LogP contribution >= 0.6 is 11.6 Å². The first-order valence-electron chi connectivity index (χ1n) is 6.56. The molecule has 0 bridgehead atoms. The maximum atomic E-state index is 13.3. The van der Waals surface area contributed by atoms with E-state index in [0.29, 0.717) is 28.5 Å². The molecule has 2 aromatic rings. The molecule has 0 aromatic heterocycles. The highest BCUT2D eigenvalue weighted by molar-refractivity contribution is 6.32. The maximum Gasteiger partial charge on any atom is 0.137 e. The molecule has 110 valence electrons. The van der Waals surface area contributed by atoms with Crippen molar-refractivity contribution in [2.45, 2.75) is 18.6 Å². The molecule has 1 N–H and O–H groups in total. The lowest BCUT2D eigenvalue weighted by Crippen LogP contribution is -2.19. The molecular weight excluding hydrogens is 295 g/mol. The molecule has 5 heteroatoms. The van der Waals surface area contributed by atoms with Crippen LogP contribution in [0.5, 0.6) is 11.5 Å². The quantitative estimate of drug-likeness (QED) is 0.910. The van der Waals surface area contributed by atoms with Gasteiger partial charge in [0.05, 0.1) is 18.2 Å². The SMILES string of the molecule is COc1ccc(C2CC(O)c3ccc(F)cc3O2)cc1Cl. The molecule has 1 heterocycles. The van der Waals surface area contributed by atoms with Crippen LogP contribution < -0.4 is 9.47 Å². The summed E-state index contributed by atoms with van der Waals surface area (Å²) in [6.45, 7) is 0. The van der Waals surface area contributed by atoms with E-state index in [0.717, 1.165) is 5.56 Å². The number of aliphatic hydroxyl groups is 1. The monoisotopic (exact) mass is 308 g/mol. The molecule has 1 aliphatic heterocycles. The molecule has 21 heavy (non-hydrogen) atoms. The van der Waals surface area contributed by atoms with E-state index in [1.54, 1.807) is 25.3 Å². The number of methoxy groups -OCH3 is 1. The first-order valence-corrected chi connectivity index (χ1v) is 6.94. The van der Waals surface area contributed by atoms with Gasteiger partial charge >= 0.3 is 0 Å². The van der Waals surface area contributed by atoms with Gasteiger partial charge in [0.1, 0.15) is 23.4 Å². The van der Waals surface area contributed by atoms with Gasteiger partial charge in [-0.3, -0.25) is 0 Å². The third-order valence-corrected chi connectivity index (χ3v) is 3.88. The Morgan fingerprint density at radius 2 is 2.10 bits per heavy atom. The Bertz CT molecular complexity index is 675. The third kappa shape index (κ3) is 2.69. The van der Waals surface area contributed by atoms with Gasteiger partial charge in [-0.15, -0.1) is 0 Å². The summed E-state index contributed by atoms with van der Waals surface area (Å²) in [5.74, 6) is 0.545. The number of hydrogen-bond acceptors (Lipinski definition) is 3. The highest BCUT2D eigenvalue weighted by Crippen LogP contribution is 2.42. The number of halogens is 2. The van der Waals surface area contributed by atoms with Crippen molar-refractivity contribution in [1.29, 1.82) is 0 Å². The Hall–Kier alpha value is -1.78. The van der Waals surface area contributed by atoms with Crippen LogP contribution in [0.4, 0.5) is 4.39 Å². The van der Waals surface area contributed by atoms with Crippen LogP contribution in [0.25, 0.3) is 0 Å². The van der Waals surface area contributed by atoms with Gasteiger partial charge in [-0.1, -0.05) is 17.7 Å². The fraction of sp³-hybridized carbons (Fsp3) is 0.250. The second kappa shape index (κ2) is 5.54. The molecule has 2 atom stereocenters. The van der Waals surface area contributed by atoms with Gasteiger partial charge in [-0.25, -0.2) is 4.39 Å². The van der Waals surface area contributed by atoms with Crippen LogP contribution in [0.15, 0.2) is 36.4 Å². The Labute approximate surface area is 126 Å². The fourth-order valence-electron chi connectivity index (χ4n) is 2.50. The molecule has 0 aliphatic carbocycles. The molecule has 0 saturated heterocycles. The molecule has 2 unspecified atom stereocenters. The zero-order valence-corrected chi connectivity index (χ0v) is 12.1. The first kappa shape index (κ1) is 14.2. The topological polar surface area (TPSA) is 38.7 Å². The van der Waals surface area contributed by atoms with Crippen molar-refractivity contribution in [1.82, 2.24) is 0 Å². The van der Waals surface area contributed by atoms with Crippen LogP contribution in [0.3, 0.4) is 0 Å². The summed E-state index contributed by atoms with van der Waals surface area (Å²) in [6.07, 6.45) is -0.681. The van der Waals surface area contributed by atoms with E-state index >= 15 is 0 Å². The van der Waals surface area contributed by atoms with E-state index < -0.39 is 11.9 Å². The minimum absolute atomic E-state index is 0.366. The molecule has 0 spiro atoms. The zero-order valence-electron chi connectivity index (χ0n) is 11.3. The molecule has 0 radical (unpaired) electrons. The van der Waals surface area contributed by atoms with Crippen molar-refractivity contribution in [2.75, 3.05) is 7.11 Å². The van der Waals surface area contributed by atoms with Gasteiger partial charge in [0, 0.05) is 18.1 Å². The minimum Gasteiger partial charge on any atom is -0.495 e. The average Bonchev–Trinajstić information content (AvgIpc) is 2.46. The van der Waals surface area contributed by atoms with Crippen LogP contribution in [0.2, 0.25) is 5.02 Å². The second-order valence-electron chi connectivity index (χ2n) is 4.93. The third-order valence-electron chi connectivity index (χ3n) is 3.59. The maximum absolute atomic E-state index is 13.3. The normalized spacial score (nSPS) is 20.6. The van der Waals surface area contributed by atoms with Crippen molar-refractivity contribution in [3.63, 3.8) is 0 Å². The lowest BCUT2D eigenvalue weighted by atomic mass is 9.95. The first-order chi connectivity index (χ1) is 10.1. The number of aliphatic hydroxyl groups excluding tert-OH is 1. The predicted octanol–water partition coefficient (Wildman–Crippen LogP) is 4.04. The molecule has 3 nitrogen and oxygen atoms in total. The van der Waals surface area contributed by atoms with E-state index in [-0.39, 0.29) is 6.10 Å². The smallest absolute Gasteiger partial charge is 0.137 e. The van der Waals surface area contributed by atoms with E-state index in [4.69, 9.17) is 21.1 Å². The van der Waals surface area contributed by atoms with Gasteiger partial charge in [0.15, 0.2) is 0 Å². The Balaban J connectivity index is 1.93. The van der Waals surface area contributed by atoms with Crippen LogP contribution in [-0.2, 0) is 0 Å². The standard InChI is InChI=1S/C16H14ClFO3/c1-20-14-5-2-9(6-12(14)17)15-8-13(19)11-4-3-10(18)7-16(11)21-15/h2-7,13,15,19H,8H2,1H3. The summed E-state index contributed by atoms with van der Waals surface area (Å²) < 4.78 is 24.2. The number of ether oxygens (including phenoxy) is 2. The van der Waals surface area contributed by atoms with Crippen molar-refractivity contribution in [3.8, 4) is 11.5 Å². The summed E-state index contributed by atoms with van der Waals surface area (Å²) in [6, 6.07) is 9.46. The largest absolute Gasteiger partial charge is 0.495 e. The fourth-order valence-corrected chi connectivity index (χ4v) is 2.77. The number of benzene rings is 2. The molecule has 0 fully saturated rings. The van der Waals surface area contributed by atoms with Gasteiger partial charge in [-0.2, -0.15) is 0 Å². The van der Waals surface area contributed by atoms with Crippen molar-refractivity contribution in [3.05, 3.63) is 58.4 Å². The van der Waals surface area contributed by atoms with E-state index in [1.807, 2.05) is 6.07 Å². The Kier molecular flexibility index (Phi) is 3.74. The highest BCUT2D eigenvalue weighted by atomic mass is 35.5. The van der Waals surface area contributed by atoms with E-state index in [9.17, 15) is 9.50 Å². The summed E-state index contributed by atoms with van der Waals surface area (Å²) in [5, 5.41) is 10.7. The Morgan fingerprint density at radius 1 is 1.29 bits per heavy atom.